The molecular formula is C9H13N5S. The van der Waals surface area contributed by atoms with Crippen molar-refractivity contribution in [2.24, 2.45) is 12.8 Å². The van der Waals surface area contributed by atoms with Gasteiger partial charge in [-0.3, -0.25) is 4.68 Å². The topological polar surface area (TPSA) is 69.6 Å². The smallest absolute Gasteiger partial charge is 0.0926 e. The van der Waals surface area contributed by atoms with Crippen molar-refractivity contribution >= 4 is 11.5 Å². The molecule has 0 aliphatic carbocycles. The average molecular weight is 223 g/mol. The fourth-order valence-corrected chi connectivity index (χ4v) is 2.04. The molecule has 1 atom stereocenters. The van der Waals surface area contributed by atoms with E-state index in [0.29, 0.717) is 0 Å². The Labute approximate surface area is 92.1 Å². The zero-order chi connectivity index (χ0) is 10.8. The van der Waals surface area contributed by atoms with Gasteiger partial charge in [-0.2, -0.15) is 5.10 Å². The molecule has 0 aliphatic rings. The summed E-state index contributed by atoms with van der Waals surface area (Å²) in [6, 6.07) is 1.94. The Balaban J connectivity index is 2.12. The van der Waals surface area contributed by atoms with Crippen LogP contribution in [0.1, 0.15) is 23.1 Å². The number of aryl methyl sites for hydroxylation is 2. The van der Waals surface area contributed by atoms with Crippen molar-refractivity contribution in [3.63, 3.8) is 0 Å². The summed E-state index contributed by atoms with van der Waals surface area (Å²) in [5.41, 5.74) is 8.99. The van der Waals surface area contributed by atoms with Gasteiger partial charge in [0.25, 0.3) is 0 Å². The van der Waals surface area contributed by atoms with Gasteiger partial charge in [-0.05, 0) is 24.5 Å². The van der Waals surface area contributed by atoms with Crippen LogP contribution in [0.5, 0.6) is 0 Å². The van der Waals surface area contributed by atoms with Gasteiger partial charge in [0.2, 0.25) is 0 Å². The highest BCUT2D eigenvalue weighted by molar-refractivity contribution is 7.03. The van der Waals surface area contributed by atoms with Gasteiger partial charge in [-0.1, -0.05) is 4.49 Å². The average Bonchev–Trinajstić information content (AvgIpc) is 2.76. The fourth-order valence-electron chi connectivity index (χ4n) is 1.52. The monoisotopic (exact) mass is 223 g/mol. The Morgan fingerprint density at radius 2 is 2.40 bits per heavy atom. The van der Waals surface area contributed by atoms with Crippen LogP contribution in [0.3, 0.4) is 0 Å². The summed E-state index contributed by atoms with van der Waals surface area (Å²) < 4.78 is 5.66. The van der Waals surface area contributed by atoms with Gasteiger partial charge in [-0.25, -0.2) is 0 Å². The second kappa shape index (κ2) is 4.08. The molecule has 0 radical (unpaired) electrons. The number of nitrogens with zero attached hydrogens (tertiary/aromatic N) is 4. The van der Waals surface area contributed by atoms with Crippen LogP contribution in [0.4, 0.5) is 0 Å². The van der Waals surface area contributed by atoms with E-state index in [1.165, 1.54) is 11.5 Å². The van der Waals surface area contributed by atoms with Crippen molar-refractivity contribution < 1.29 is 0 Å². The molecule has 15 heavy (non-hydrogen) atoms. The van der Waals surface area contributed by atoms with Gasteiger partial charge in [0.05, 0.1) is 17.4 Å². The molecule has 80 valence electrons. The van der Waals surface area contributed by atoms with Gasteiger partial charge in [0, 0.05) is 24.5 Å². The third-order valence-electron chi connectivity index (χ3n) is 2.28. The molecule has 0 aromatic carbocycles. The molecule has 2 aromatic heterocycles. The van der Waals surface area contributed by atoms with Crippen molar-refractivity contribution in [3.8, 4) is 0 Å². The number of hydrogen-bond acceptors (Lipinski definition) is 5. The molecule has 2 rings (SSSR count). The molecule has 2 heterocycles. The third-order valence-corrected chi connectivity index (χ3v) is 2.81. The zero-order valence-corrected chi connectivity index (χ0v) is 9.53. The molecule has 6 heteroatoms. The van der Waals surface area contributed by atoms with Gasteiger partial charge in [-0.15, -0.1) is 5.10 Å². The Bertz CT molecular complexity index is 433. The highest BCUT2D eigenvalue weighted by Crippen LogP contribution is 2.14. The first kappa shape index (κ1) is 10.3. The van der Waals surface area contributed by atoms with Crippen LogP contribution in [-0.2, 0) is 13.5 Å². The van der Waals surface area contributed by atoms with Crippen molar-refractivity contribution in [3.05, 3.63) is 28.5 Å². The van der Waals surface area contributed by atoms with Crippen molar-refractivity contribution in [1.29, 1.82) is 0 Å². The van der Waals surface area contributed by atoms with E-state index in [9.17, 15) is 0 Å². The van der Waals surface area contributed by atoms with E-state index >= 15 is 0 Å². The first-order valence-electron chi connectivity index (χ1n) is 4.69. The first-order valence-corrected chi connectivity index (χ1v) is 5.52. The summed E-state index contributed by atoms with van der Waals surface area (Å²) in [6.07, 6.45) is 0.739. The number of aromatic nitrogens is 4. The Hall–Kier alpha value is -1.27. The molecule has 0 saturated heterocycles. The Kier molecular flexibility index (Phi) is 2.79. The molecule has 0 fully saturated rings. The first-order chi connectivity index (χ1) is 7.16. The van der Waals surface area contributed by atoms with E-state index < -0.39 is 0 Å². The van der Waals surface area contributed by atoms with Gasteiger partial charge < -0.3 is 5.73 Å². The van der Waals surface area contributed by atoms with Crippen LogP contribution < -0.4 is 5.73 Å². The molecule has 0 amide bonds. The van der Waals surface area contributed by atoms with E-state index in [0.717, 1.165) is 23.5 Å². The molecule has 5 nitrogen and oxygen atoms in total. The predicted octanol–water partition coefficient (Wildman–Crippen LogP) is 0.823. The largest absolute Gasteiger partial charge is 0.322 e. The van der Waals surface area contributed by atoms with E-state index in [4.69, 9.17) is 5.73 Å². The third kappa shape index (κ3) is 2.21. The molecule has 2 N–H and O–H groups in total. The van der Waals surface area contributed by atoms with Crippen molar-refractivity contribution in [2.45, 2.75) is 19.4 Å². The number of rotatable bonds is 3. The lowest BCUT2D eigenvalue weighted by molar-refractivity contribution is 0.627. The lowest BCUT2D eigenvalue weighted by atomic mass is 10.1. The number of nitrogens with two attached hydrogens (primary N) is 1. The zero-order valence-electron chi connectivity index (χ0n) is 8.71. The van der Waals surface area contributed by atoms with Crippen molar-refractivity contribution in [2.75, 3.05) is 0 Å². The second-order valence-electron chi connectivity index (χ2n) is 3.54. The fraction of sp³-hybridized carbons (Fsp3) is 0.444. The number of hydrogen-bond donors (Lipinski definition) is 1. The molecule has 1 unspecified atom stereocenters. The van der Waals surface area contributed by atoms with Gasteiger partial charge in [0.1, 0.15) is 0 Å². The normalized spacial score (nSPS) is 13.0. The standard InChI is InChI=1S/C9H13N5S/c1-6-3-7(14(2)12-6)4-8(10)9-5-15-13-11-9/h3,5,8H,4,10H2,1-2H3. The maximum Gasteiger partial charge on any atom is 0.0926 e. The van der Waals surface area contributed by atoms with E-state index in [-0.39, 0.29) is 6.04 Å². The summed E-state index contributed by atoms with van der Waals surface area (Å²) in [5.74, 6) is 0. The minimum absolute atomic E-state index is 0.0986. The molecule has 0 spiro atoms. The summed E-state index contributed by atoms with van der Waals surface area (Å²) in [4.78, 5) is 0. The van der Waals surface area contributed by atoms with Crippen LogP contribution in [0, 0.1) is 6.92 Å². The SMILES string of the molecule is Cc1cc(CC(N)c2csnn2)n(C)n1. The summed E-state index contributed by atoms with van der Waals surface area (Å²) in [6.45, 7) is 1.97. The summed E-state index contributed by atoms with van der Waals surface area (Å²) in [7, 11) is 1.92. The molecule has 2 aromatic rings. The summed E-state index contributed by atoms with van der Waals surface area (Å²) >= 11 is 1.32. The van der Waals surface area contributed by atoms with E-state index in [1.54, 1.807) is 0 Å². The van der Waals surface area contributed by atoms with Crippen LogP contribution in [0.2, 0.25) is 0 Å². The predicted molar refractivity (Wildman–Crippen MR) is 58.5 cm³/mol. The van der Waals surface area contributed by atoms with Crippen LogP contribution in [0.25, 0.3) is 0 Å². The Morgan fingerprint density at radius 1 is 1.60 bits per heavy atom. The van der Waals surface area contributed by atoms with Gasteiger partial charge >= 0.3 is 0 Å². The van der Waals surface area contributed by atoms with E-state index in [1.807, 2.05) is 30.1 Å². The minimum atomic E-state index is -0.0986. The molecule has 0 bridgehead atoms. The maximum atomic E-state index is 6.01. The molecular weight excluding hydrogens is 210 g/mol. The minimum Gasteiger partial charge on any atom is -0.322 e. The molecule has 0 saturated carbocycles. The second-order valence-corrected chi connectivity index (χ2v) is 4.15. The van der Waals surface area contributed by atoms with Crippen LogP contribution in [-0.4, -0.2) is 19.4 Å². The van der Waals surface area contributed by atoms with Crippen LogP contribution in [0.15, 0.2) is 11.4 Å². The highest BCUT2D eigenvalue weighted by atomic mass is 32.1. The van der Waals surface area contributed by atoms with E-state index in [2.05, 4.69) is 14.7 Å². The van der Waals surface area contributed by atoms with Crippen molar-refractivity contribution in [1.82, 2.24) is 19.4 Å². The quantitative estimate of drug-likeness (QED) is 0.836. The lowest BCUT2D eigenvalue weighted by Crippen LogP contribution is -2.15. The Morgan fingerprint density at radius 3 is 2.93 bits per heavy atom. The highest BCUT2D eigenvalue weighted by Gasteiger charge is 2.12. The molecule has 0 aliphatic heterocycles. The van der Waals surface area contributed by atoms with Gasteiger partial charge in [0.15, 0.2) is 0 Å². The lowest BCUT2D eigenvalue weighted by Gasteiger charge is -2.07. The summed E-state index contributed by atoms with van der Waals surface area (Å²) in [5, 5.41) is 10.1. The maximum absolute atomic E-state index is 6.01. The van der Waals surface area contributed by atoms with Crippen LogP contribution >= 0.6 is 11.5 Å².